The lowest BCUT2D eigenvalue weighted by Crippen LogP contribution is -2.16. The molecular formula is C21H13F3N2S. The summed E-state index contributed by atoms with van der Waals surface area (Å²) in [6.45, 7) is 0. The van der Waals surface area contributed by atoms with Gasteiger partial charge in [0.05, 0.1) is 31.9 Å². The van der Waals surface area contributed by atoms with Crippen molar-refractivity contribution >= 4 is 42.9 Å². The highest BCUT2D eigenvalue weighted by Gasteiger charge is 2.34. The van der Waals surface area contributed by atoms with E-state index < -0.39 is 11.7 Å². The van der Waals surface area contributed by atoms with Crippen LogP contribution in [0.15, 0.2) is 60.7 Å². The summed E-state index contributed by atoms with van der Waals surface area (Å²) in [6.07, 6.45) is -4.44. The van der Waals surface area contributed by atoms with Gasteiger partial charge in [-0.25, -0.2) is 0 Å². The molecule has 4 rings (SSSR count). The quantitative estimate of drug-likeness (QED) is 0.385. The Morgan fingerprint density at radius 3 is 2.19 bits per heavy atom. The van der Waals surface area contributed by atoms with Crippen molar-refractivity contribution in [1.29, 1.82) is 5.26 Å². The summed E-state index contributed by atoms with van der Waals surface area (Å²) in [5.74, 6) is 0. The molecule has 27 heavy (non-hydrogen) atoms. The van der Waals surface area contributed by atoms with Gasteiger partial charge < -0.3 is 4.90 Å². The molecule has 2 nitrogen and oxygen atoms in total. The van der Waals surface area contributed by atoms with Crippen LogP contribution in [0.4, 0.5) is 24.5 Å². The molecule has 0 saturated carbocycles. The number of nitriles is 1. The van der Waals surface area contributed by atoms with E-state index >= 15 is 0 Å². The van der Waals surface area contributed by atoms with E-state index in [1.165, 1.54) is 23.5 Å². The van der Waals surface area contributed by atoms with Crippen LogP contribution in [0.3, 0.4) is 0 Å². The maximum Gasteiger partial charge on any atom is 0.418 e. The molecule has 0 amide bonds. The number of para-hydroxylation sites is 1. The minimum absolute atomic E-state index is 0.0930. The summed E-state index contributed by atoms with van der Waals surface area (Å²) < 4.78 is 42.0. The van der Waals surface area contributed by atoms with Gasteiger partial charge in [0, 0.05) is 17.8 Å². The molecule has 0 N–H and O–H groups in total. The van der Waals surface area contributed by atoms with Crippen LogP contribution in [0, 0.1) is 11.3 Å². The first-order valence-electron chi connectivity index (χ1n) is 8.16. The molecule has 134 valence electrons. The molecule has 0 bridgehead atoms. The Morgan fingerprint density at radius 1 is 0.852 bits per heavy atom. The lowest BCUT2D eigenvalue weighted by Gasteiger charge is -2.24. The zero-order valence-electron chi connectivity index (χ0n) is 14.2. The van der Waals surface area contributed by atoms with E-state index in [9.17, 15) is 18.4 Å². The van der Waals surface area contributed by atoms with Crippen LogP contribution in [0.5, 0.6) is 0 Å². The number of hydrogen-bond acceptors (Lipinski definition) is 3. The lowest BCUT2D eigenvalue weighted by atomic mass is 10.1. The van der Waals surface area contributed by atoms with Crippen LogP contribution in [0.2, 0.25) is 0 Å². The standard InChI is InChI=1S/C21H13F3N2S/c1-26(17-10-3-2-9-16(17)21(22,23)24)18-11-5-8-15-14-7-4-6-13(12-25)19(14)27-20(15)18/h2-11H,1H3. The van der Waals surface area contributed by atoms with Gasteiger partial charge in [-0.15, -0.1) is 11.3 Å². The van der Waals surface area contributed by atoms with Crippen molar-refractivity contribution in [3.8, 4) is 6.07 Å². The molecule has 1 heterocycles. The van der Waals surface area contributed by atoms with Gasteiger partial charge in [-0.2, -0.15) is 18.4 Å². The average molecular weight is 382 g/mol. The molecule has 0 aliphatic heterocycles. The third-order valence-corrected chi connectivity index (χ3v) is 5.83. The normalized spacial score (nSPS) is 11.7. The van der Waals surface area contributed by atoms with Gasteiger partial charge in [-0.1, -0.05) is 36.4 Å². The van der Waals surface area contributed by atoms with E-state index in [-0.39, 0.29) is 5.69 Å². The largest absolute Gasteiger partial charge is 0.418 e. The SMILES string of the molecule is CN(c1ccccc1C(F)(F)F)c1cccc2c1sc1c(C#N)cccc12. The number of fused-ring (bicyclic) bond motifs is 3. The monoisotopic (exact) mass is 382 g/mol. The van der Waals surface area contributed by atoms with Crippen molar-refractivity contribution in [2.24, 2.45) is 0 Å². The third-order valence-electron chi connectivity index (χ3n) is 4.56. The Labute approximate surface area is 157 Å². The Morgan fingerprint density at radius 2 is 1.48 bits per heavy atom. The lowest BCUT2D eigenvalue weighted by molar-refractivity contribution is -0.137. The minimum Gasteiger partial charge on any atom is -0.343 e. The molecule has 0 aliphatic rings. The summed E-state index contributed by atoms with van der Waals surface area (Å²) in [5, 5.41) is 11.2. The van der Waals surface area contributed by atoms with E-state index in [2.05, 4.69) is 6.07 Å². The van der Waals surface area contributed by atoms with Crippen LogP contribution in [-0.2, 0) is 6.18 Å². The second-order valence-corrected chi connectivity index (χ2v) is 7.14. The number of rotatable bonds is 2. The molecular weight excluding hydrogens is 369 g/mol. The highest BCUT2D eigenvalue weighted by molar-refractivity contribution is 7.26. The van der Waals surface area contributed by atoms with Crippen LogP contribution < -0.4 is 4.90 Å². The number of benzene rings is 3. The molecule has 0 saturated heterocycles. The van der Waals surface area contributed by atoms with Gasteiger partial charge in [-0.3, -0.25) is 0 Å². The van der Waals surface area contributed by atoms with Crippen LogP contribution in [-0.4, -0.2) is 7.05 Å². The number of alkyl halides is 3. The summed E-state index contributed by atoms with van der Waals surface area (Å²) in [7, 11) is 1.63. The van der Waals surface area contributed by atoms with Crippen LogP contribution >= 0.6 is 11.3 Å². The van der Waals surface area contributed by atoms with Gasteiger partial charge in [-0.05, 0) is 24.3 Å². The Balaban J connectivity index is 1.97. The maximum atomic E-state index is 13.4. The second kappa shape index (κ2) is 6.29. The minimum atomic E-state index is -4.44. The molecule has 4 aromatic rings. The van der Waals surface area contributed by atoms with Crippen molar-refractivity contribution < 1.29 is 13.2 Å². The fourth-order valence-electron chi connectivity index (χ4n) is 3.29. The predicted molar refractivity (Wildman–Crippen MR) is 104 cm³/mol. The number of nitrogens with zero attached hydrogens (tertiary/aromatic N) is 2. The highest BCUT2D eigenvalue weighted by atomic mass is 32.1. The molecule has 6 heteroatoms. The first-order chi connectivity index (χ1) is 12.9. The number of anilines is 2. The van der Waals surface area contributed by atoms with Crippen molar-refractivity contribution in [1.82, 2.24) is 0 Å². The van der Waals surface area contributed by atoms with E-state index in [0.29, 0.717) is 11.3 Å². The molecule has 0 radical (unpaired) electrons. The predicted octanol–water partition coefficient (Wildman–Crippen LogP) is 6.71. The van der Waals surface area contributed by atoms with E-state index in [1.54, 1.807) is 30.1 Å². The van der Waals surface area contributed by atoms with E-state index in [1.807, 2.05) is 24.3 Å². The van der Waals surface area contributed by atoms with Crippen molar-refractivity contribution in [3.63, 3.8) is 0 Å². The van der Waals surface area contributed by atoms with Gasteiger partial charge in [0.2, 0.25) is 0 Å². The first-order valence-corrected chi connectivity index (χ1v) is 8.98. The van der Waals surface area contributed by atoms with Crippen molar-refractivity contribution in [2.45, 2.75) is 6.18 Å². The number of thiophene rings is 1. The topological polar surface area (TPSA) is 27.0 Å². The van der Waals surface area contributed by atoms with E-state index in [0.717, 1.165) is 26.2 Å². The summed E-state index contributed by atoms with van der Waals surface area (Å²) >= 11 is 1.43. The van der Waals surface area contributed by atoms with E-state index in [4.69, 9.17) is 0 Å². The maximum absolute atomic E-state index is 13.4. The zero-order chi connectivity index (χ0) is 19.2. The Bertz CT molecular complexity index is 1200. The smallest absolute Gasteiger partial charge is 0.343 e. The summed E-state index contributed by atoms with van der Waals surface area (Å²) in [5.41, 5.74) is 0.658. The van der Waals surface area contributed by atoms with Gasteiger partial charge in [0.1, 0.15) is 6.07 Å². The second-order valence-electron chi connectivity index (χ2n) is 6.12. The number of halogens is 3. The highest BCUT2D eigenvalue weighted by Crippen LogP contribution is 2.44. The zero-order valence-corrected chi connectivity index (χ0v) is 15.0. The fraction of sp³-hybridized carbons (Fsp3) is 0.0952. The van der Waals surface area contributed by atoms with Gasteiger partial charge in [0.15, 0.2) is 0 Å². The van der Waals surface area contributed by atoms with Crippen molar-refractivity contribution in [3.05, 3.63) is 71.8 Å². The van der Waals surface area contributed by atoms with Crippen LogP contribution in [0.1, 0.15) is 11.1 Å². The first kappa shape index (κ1) is 17.4. The summed E-state index contributed by atoms with van der Waals surface area (Å²) in [4.78, 5) is 1.56. The molecule has 1 aromatic heterocycles. The molecule has 3 aromatic carbocycles. The average Bonchev–Trinajstić information content (AvgIpc) is 3.05. The molecule has 0 fully saturated rings. The Kier molecular flexibility index (Phi) is 4.05. The molecule has 0 aliphatic carbocycles. The molecule has 0 spiro atoms. The van der Waals surface area contributed by atoms with Gasteiger partial charge in [0.25, 0.3) is 0 Å². The van der Waals surface area contributed by atoms with Crippen molar-refractivity contribution in [2.75, 3.05) is 11.9 Å². The number of hydrogen-bond donors (Lipinski definition) is 0. The van der Waals surface area contributed by atoms with Gasteiger partial charge >= 0.3 is 6.18 Å². The third kappa shape index (κ3) is 2.81. The Hall–Kier alpha value is -3.04. The molecule has 0 atom stereocenters. The molecule has 0 unspecified atom stereocenters. The summed E-state index contributed by atoms with van der Waals surface area (Å²) in [6, 6.07) is 18.8. The van der Waals surface area contributed by atoms with Crippen LogP contribution in [0.25, 0.3) is 20.2 Å². The fourth-order valence-corrected chi connectivity index (χ4v) is 4.61.